The molecule has 0 atom stereocenters. The molecule has 0 N–H and O–H groups in total. The van der Waals surface area contributed by atoms with Crippen LogP contribution in [0.4, 0.5) is 0 Å². The van der Waals surface area contributed by atoms with Crippen molar-refractivity contribution in [3.63, 3.8) is 0 Å². The second-order valence-electron chi connectivity index (χ2n) is 5.12. The Morgan fingerprint density at radius 2 is 2.04 bits per heavy atom. The fraction of sp³-hybridized carbons (Fsp3) is 0.438. The quantitative estimate of drug-likeness (QED) is 0.575. The van der Waals surface area contributed by atoms with Crippen LogP contribution in [0.5, 0.6) is 0 Å². The Morgan fingerprint density at radius 1 is 1.22 bits per heavy atom. The van der Waals surface area contributed by atoms with Crippen LogP contribution in [0.15, 0.2) is 22.5 Å². The highest BCUT2D eigenvalue weighted by molar-refractivity contribution is 7.99. The molecule has 0 aliphatic heterocycles. The second-order valence-corrected chi connectivity index (χ2v) is 8.35. The van der Waals surface area contributed by atoms with Crippen LogP contribution in [-0.4, -0.2) is 45.5 Å². The molecular formula is C16H20N4S3. The van der Waals surface area contributed by atoms with Crippen molar-refractivity contribution in [1.29, 1.82) is 0 Å². The van der Waals surface area contributed by atoms with E-state index < -0.39 is 0 Å². The van der Waals surface area contributed by atoms with E-state index in [-0.39, 0.29) is 0 Å². The van der Waals surface area contributed by atoms with Gasteiger partial charge in [-0.25, -0.2) is 4.98 Å². The smallest absolute Gasteiger partial charge is 0.146 e. The van der Waals surface area contributed by atoms with E-state index in [2.05, 4.69) is 40.4 Å². The summed E-state index contributed by atoms with van der Waals surface area (Å²) in [6.07, 6.45) is 0. The average molecular weight is 365 g/mol. The van der Waals surface area contributed by atoms with E-state index in [4.69, 9.17) is 4.98 Å². The fourth-order valence-electron chi connectivity index (χ4n) is 2.40. The molecule has 4 nitrogen and oxygen atoms in total. The summed E-state index contributed by atoms with van der Waals surface area (Å²) < 4.78 is 1.16. The van der Waals surface area contributed by atoms with Gasteiger partial charge in [0, 0.05) is 12.3 Å². The van der Waals surface area contributed by atoms with E-state index in [0.717, 1.165) is 56.2 Å². The predicted molar refractivity (Wildman–Crippen MR) is 102 cm³/mol. The van der Waals surface area contributed by atoms with Crippen LogP contribution >= 0.6 is 34.4 Å². The van der Waals surface area contributed by atoms with E-state index in [1.807, 2.05) is 13.0 Å². The highest BCUT2D eigenvalue weighted by Crippen LogP contribution is 2.36. The lowest BCUT2D eigenvalue weighted by atomic mass is 10.3. The molecule has 0 fully saturated rings. The zero-order valence-corrected chi connectivity index (χ0v) is 16.0. The number of rotatable bonds is 7. The second kappa shape index (κ2) is 7.70. The van der Waals surface area contributed by atoms with Crippen LogP contribution in [0.1, 0.15) is 18.9 Å². The molecule has 23 heavy (non-hydrogen) atoms. The van der Waals surface area contributed by atoms with Gasteiger partial charge in [0.25, 0.3) is 0 Å². The minimum absolute atomic E-state index is 0.955. The summed E-state index contributed by atoms with van der Waals surface area (Å²) in [4.78, 5) is 8.29. The molecule has 0 aromatic carbocycles. The van der Waals surface area contributed by atoms with Crippen LogP contribution < -0.4 is 0 Å². The lowest BCUT2D eigenvalue weighted by molar-refractivity contribution is 0.324. The third-order valence-corrected chi connectivity index (χ3v) is 6.48. The van der Waals surface area contributed by atoms with Gasteiger partial charge >= 0.3 is 0 Å². The van der Waals surface area contributed by atoms with Crippen molar-refractivity contribution in [2.45, 2.75) is 25.8 Å². The predicted octanol–water partition coefficient (Wildman–Crippen LogP) is 4.56. The number of thioether (sulfide) groups is 1. The van der Waals surface area contributed by atoms with Gasteiger partial charge in [-0.1, -0.05) is 19.9 Å². The van der Waals surface area contributed by atoms with E-state index in [0.29, 0.717) is 0 Å². The van der Waals surface area contributed by atoms with Gasteiger partial charge in [0.05, 0.1) is 14.6 Å². The first-order valence-electron chi connectivity index (χ1n) is 7.75. The molecular weight excluding hydrogens is 344 g/mol. The van der Waals surface area contributed by atoms with Gasteiger partial charge in [0.15, 0.2) is 0 Å². The third kappa shape index (κ3) is 3.74. The molecule has 0 aliphatic carbocycles. The maximum atomic E-state index is 4.71. The van der Waals surface area contributed by atoms with Crippen LogP contribution in [-0.2, 0) is 0 Å². The fourth-order valence-corrected chi connectivity index (χ4v) is 5.09. The van der Waals surface area contributed by atoms with Crippen LogP contribution in [0.3, 0.4) is 0 Å². The number of nitrogens with zero attached hydrogens (tertiary/aromatic N) is 4. The first kappa shape index (κ1) is 16.8. The van der Waals surface area contributed by atoms with Crippen molar-refractivity contribution in [2.24, 2.45) is 0 Å². The first-order valence-corrected chi connectivity index (χ1v) is 10.4. The van der Waals surface area contributed by atoms with Gasteiger partial charge in [-0.3, -0.25) is 0 Å². The minimum atomic E-state index is 0.955. The van der Waals surface area contributed by atoms with Crippen molar-refractivity contribution in [3.8, 4) is 10.6 Å². The number of fused-ring (bicyclic) bond motifs is 1. The first-order chi connectivity index (χ1) is 11.2. The Kier molecular flexibility index (Phi) is 5.63. The van der Waals surface area contributed by atoms with Crippen LogP contribution in [0, 0.1) is 6.92 Å². The molecule has 0 spiro atoms. The van der Waals surface area contributed by atoms with Crippen LogP contribution in [0.25, 0.3) is 20.8 Å². The van der Waals surface area contributed by atoms with Crippen LogP contribution in [0.2, 0.25) is 0 Å². The summed E-state index contributed by atoms with van der Waals surface area (Å²) >= 11 is 5.17. The Balaban J connectivity index is 1.86. The number of aromatic nitrogens is 3. The van der Waals surface area contributed by atoms with Gasteiger partial charge < -0.3 is 4.90 Å². The Bertz CT molecular complexity index is 763. The van der Waals surface area contributed by atoms with Crippen molar-refractivity contribution in [1.82, 2.24) is 20.1 Å². The van der Waals surface area contributed by atoms with E-state index in [9.17, 15) is 0 Å². The molecule has 3 aromatic heterocycles. The lowest BCUT2D eigenvalue weighted by Gasteiger charge is -2.17. The Labute approximate surface area is 149 Å². The summed E-state index contributed by atoms with van der Waals surface area (Å²) in [5, 5.41) is 13.1. The highest BCUT2D eigenvalue weighted by atomic mass is 32.2. The standard InChI is InChI=1S/C16H20N4S3/c1-4-20(5-2)8-10-22-16-14-15(23-11(3)17-14)13(18-19-16)12-7-6-9-21-12/h6-7,9H,4-5,8,10H2,1-3H3. The summed E-state index contributed by atoms with van der Waals surface area (Å²) in [6, 6.07) is 4.14. The number of hydrogen-bond acceptors (Lipinski definition) is 7. The zero-order valence-electron chi connectivity index (χ0n) is 13.6. The number of hydrogen-bond donors (Lipinski definition) is 0. The van der Waals surface area contributed by atoms with Crippen molar-refractivity contribution < 1.29 is 0 Å². The molecule has 0 unspecified atom stereocenters. The maximum absolute atomic E-state index is 4.71. The molecule has 0 saturated carbocycles. The molecule has 0 amide bonds. The molecule has 0 bridgehead atoms. The Hall–Kier alpha value is -1.02. The Morgan fingerprint density at radius 3 is 2.74 bits per heavy atom. The highest BCUT2D eigenvalue weighted by Gasteiger charge is 2.16. The number of thiazole rings is 1. The lowest BCUT2D eigenvalue weighted by Crippen LogP contribution is -2.25. The van der Waals surface area contributed by atoms with Crippen molar-refractivity contribution in [2.75, 3.05) is 25.4 Å². The SMILES string of the molecule is CCN(CC)CCSc1nnc(-c2cccs2)c2sc(C)nc12. The number of thiophene rings is 1. The topological polar surface area (TPSA) is 41.9 Å². The van der Waals surface area contributed by atoms with Gasteiger partial charge in [-0.15, -0.1) is 44.6 Å². The average Bonchev–Trinajstić information content (AvgIpc) is 3.20. The van der Waals surface area contributed by atoms with Gasteiger partial charge in [0.1, 0.15) is 16.2 Å². The zero-order chi connectivity index (χ0) is 16.2. The van der Waals surface area contributed by atoms with E-state index in [1.54, 1.807) is 34.4 Å². The molecule has 0 saturated heterocycles. The van der Waals surface area contributed by atoms with Gasteiger partial charge in [0.2, 0.25) is 0 Å². The summed E-state index contributed by atoms with van der Waals surface area (Å²) in [5.41, 5.74) is 1.98. The third-order valence-electron chi connectivity index (χ3n) is 3.69. The molecule has 3 rings (SSSR count). The number of aryl methyl sites for hydroxylation is 1. The van der Waals surface area contributed by atoms with Crippen molar-refractivity contribution in [3.05, 3.63) is 22.5 Å². The summed E-state index contributed by atoms with van der Waals surface area (Å²) in [5.74, 6) is 1.01. The van der Waals surface area contributed by atoms with Gasteiger partial charge in [-0.2, -0.15) is 0 Å². The minimum Gasteiger partial charge on any atom is -0.303 e. The molecule has 0 radical (unpaired) electrons. The summed E-state index contributed by atoms with van der Waals surface area (Å²) in [6.45, 7) is 9.69. The summed E-state index contributed by atoms with van der Waals surface area (Å²) in [7, 11) is 0. The van der Waals surface area contributed by atoms with Gasteiger partial charge in [-0.05, 0) is 31.5 Å². The molecule has 122 valence electrons. The normalized spacial score (nSPS) is 11.7. The van der Waals surface area contributed by atoms with E-state index >= 15 is 0 Å². The molecule has 3 heterocycles. The molecule has 0 aliphatic rings. The monoisotopic (exact) mass is 364 g/mol. The maximum Gasteiger partial charge on any atom is 0.146 e. The van der Waals surface area contributed by atoms with Crippen molar-refractivity contribution >= 4 is 44.7 Å². The van der Waals surface area contributed by atoms with E-state index in [1.165, 1.54) is 0 Å². The largest absolute Gasteiger partial charge is 0.303 e. The molecule has 3 aromatic rings. The molecule has 7 heteroatoms.